The first kappa shape index (κ1) is 28.1. The second kappa shape index (κ2) is 11.7. The van der Waals surface area contributed by atoms with Gasteiger partial charge in [0.15, 0.2) is 0 Å². The van der Waals surface area contributed by atoms with E-state index in [0.717, 1.165) is 48.0 Å². The summed E-state index contributed by atoms with van der Waals surface area (Å²) in [5, 5.41) is 3.39. The van der Waals surface area contributed by atoms with Gasteiger partial charge in [-0.25, -0.2) is 0 Å². The van der Waals surface area contributed by atoms with Crippen molar-refractivity contribution in [3.05, 3.63) is 99.6 Å². The van der Waals surface area contributed by atoms with Gasteiger partial charge >= 0.3 is 0 Å². The van der Waals surface area contributed by atoms with E-state index in [0.29, 0.717) is 18.0 Å². The fourth-order valence-electron chi connectivity index (χ4n) is 6.20. The highest BCUT2D eigenvalue weighted by atomic mass is 35.5. The van der Waals surface area contributed by atoms with Gasteiger partial charge < -0.3 is 14.8 Å². The fourth-order valence-corrected chi connectivity index (χ4v) is 6.33. The van der Waals surface area contributed by atoms with Crippen LogP contribution in [0.5, 0.6) is 5.75 Å². The van der Waals surface area contributed by atoms with E-state index in [1.807, 2.05) is 24.3 Å². The zero-order valence-electron chi connectivity index (χ0n) is 23.2. The molecule has 1 atom stereocenters. The molecule has 6 rings (SSSR count). The lowest BCUT2D eigenvalue weighted by molar-refractivity contribution is -0.127. The van der Waals surface area contributed by atoms with Gasteiger partial charge in [0.25, 0.3) is 11.8 Å². The molecule has 0 bridgehead atoms. The Balaban J connectivity index is 1.07. The van der Waals surface area contributed by atoms with Crippen molar-refractivity contribution in [1.29, 1.82) is 0 Å². The molecular weight excluding hydrogens is 554 g/mol. The van der Waals surface area contributed by atoms with Crippen LogP contribution < -0.4 is 10.1 Å². The molecule has 3 amide bonds. The maximum absolute atomic E-state index is 13.5. The number of carbonyl (C=O) groups is 4. The second-order valence-corrected chi connectivity index (χ2v) is 11.8. The smallest absolute Gasteiger partial charge is 0.266 e. The Morgan fingerprint density at radius 3 is 2.31 bits per heavy atom. The zero-order valence-corrected chi connectivity index (χ0v) is 23.9. The number of aldehydes is 1. The molecule has 1 N–H and O–H groups in total. The summed E-state index contributed by atoms with van der Waals surface area (Å²) in [7, 11) is 0. The van der Waals surface area contributed by atoms with Crippen LogP contribution in [-0.4, -0.2) is 59.0 Å². The van der Waals surface area contributed by atoms with Crippen molar-refractivity contribution < 1.29 is 23.9 Å². The molecule has 3 aromatic rings. The van der Waals surface area contributed by atoms with Crippen molar-refractivity contribution in [3.8, 4) is 5.75 Å². The van der Waals surface area contributed by atoms with Crippen LogP contribution in [0.4, 0.5) is 0 Å². The average Bonchev–Trinajstić information content (AvgIpc) is 3.28. The summed E-state index contributed by atoms with van der Waals surface area (Å²) in [6.45, 7) is 3.09. The average molecular weight is 586 g/mol. The number of likely N-dealkylation sites (tertiary alicyclic amines) is 1. The van der Waals surface area contributed by atoms with Crippen LogP contribution in [0.15, 0.2) is 66.7 Å². The lowest BCUT2D eigenvalue weighted by atomic mass is 9.89. The summed E-state index contributed by atoms with van der Waals surface area (Å²) in [4.78, 5) is 54.0. The minimum atomic E-state index is -1.40. The number of piperidine rings is 2. The molecule has 8 nitrogen and oxygen atoms in total. The number of nitrogens with zero attached hydrogens (tertiary/aromatic N) is 2. The van der Waals surface area contributed by atoms with Crippen molar-refractivity contribution in [1.82, 2.24) is 15.1 Å². The SMILES string of the molecule is O=CC1(N2C(=O)c3cccc(OCc4ccc(CN5CCC(c6ccc(Cl)cc6)CC5)cc4)c3C2=O)CCC(=O)NC1. The van der Waals surface area contributed by atoms with Crippen LogP contribution >= 0.6 is 11.6 Å². The molecule has 0 radical (unpaired) electrons. The van der Waals surface area contributed by atoms with Gasteiger partial charge in [-0.15, -0.1) is 0 Å². The van der Waals surface area contributed by atoms with E-state index >= 15 is 0 Å². The molecule has 3 heterocycles. The molecule has 9 heteroatoms. The Hall–Kier alpha value is -4.01. The molecule has 42 heavy (non-hydrogen) atoms. The topological polar surface area (TPSA) is 96.0 Å². The van der Waals surface area contributed by atoms with Gasteiger partial charge in [-0.1, -0.05) is 54.1 Å². The van der Waals surface area contributed by atoms with Crippen LogP contribution in [0.1, 0.15) is 69.0 Å². The Labute approximate surface area is 249 Å². The van der Waals surface area contributed by atoms with Crippen molar-refractivity contribution in [3.63, 3.8) is 0 Å². The molecule has 2 fully saturated rings. The summed E-state index contributed by atoms with van der Waals surface area (Å²) in [6.07, 6.45) is 2.99. The summed E-state index contributed by atoms with van der Waals surface area (Å²) in [5.74, 6) is -0.478. The molecule has 216 valence electrons. The first-order valence-electron chi connectivity index (χ1n) is 14.3. The monoisotopic (exact) mass is 585 g/mol. The number of imide groups is 1. The largest absolute Gasteiger partial charge is 0.488 e. The Bertz CT molecular complexity index is 1500. The van der Waals surface area contributed by atoms with Crippen LogP contribution in [0.2, 0.25) is 5.02 Å². The lowest BCUT2D eigenvalue weighted by Gasteiger charge is -2.38. The number of benzene rings is 3. The van der Waals surface area contributed by atoms with E-state index in [2.05, 4.69) is 34.5 Å². The van der Waals surface area contributed by atoms with E-state index in [1.165, 1.54) is 11.1 Å². The maximum atomic E-state index is 13.5. The van der Waals surface area contributed by atoms with E-state index in [4.69, 9.17) is 16.3 Å². The first-order chi connectivity index (χ1) is 20.4. The summed E-state index contributed by atoms with van der Waals surface area (Å²) in [6, 6.07) is 21.3. The standard InChI is InChI=1S/C33H32ClN3O5/c34-26-10-8-24(9-11-26)25-13-16-36(17-14-25)18-22-4-6-23(7-5-22)19-42-28-3-1-2-27-30(28)32(41)37(31(27)40)33(21-38)15-12-29(39)35-20-33/h1-11,21,25H,12-20H2,(H,35,39). The first-order valence-corrected chi connectivity index (χ1v) is 14.7. The predicted molar refractivity (Wildman–Crippen MR) is 157 cm³/mol. The predicted octanol–water partition coefficient (Wildman–Crippen LogP) is 4.74. The molecule has 3 aliphatic rings. The number of hydrogen-bond acceptors (Lipinski definition) is 6. The molecular formula is C33H32ClN3O5. The Morgan fingerprint density at radius 2 is 1.64 bits per heavy atom. The number of nitrogens with one attached hydrogen (secondary N) is 1. The van der Waals surface area contributed by atoms with Crippen molar-refractivity contribution in [2.24, 2.45) is 0 Å². The van der Waals surface area contributed by atoms with E-state index < -0.39 is 17.4 Å². The third-order valence-corrected chi connectivity index (χ3v) is 8.92. The quantitative estimate of drug-likeness (QED) is 0.303. The molecule has 0 saturated carbocycles. The lowest BCUT2D eigenvalue weighted by Crippen LogP contribution is -2.62. The fraction of sp³-hybridized carbons (Fsp3) is 0.333. The number of amides is 3. The molecule has 2 saturated heterocycles. The zero-order chi connectivity index (χ0) is 29.3. The highest BCUT2D eigenvalue weighted by Crippen LogP contribution is 2.37. The summed E-state index contributed by atoms with van der Waals surface area (Å²) >= 11 is 6.04. The third kappa shape index (κ3) is 5.44. The van der Waals surface area contributed by atoms with E-state index in [-0.39, 0.29) is 43.0 Å². The van der Waals surface area contributed by atoms with Gasteiger partial charge in [0.2, 0.25) is 5.91 Å². The number of rotatable bonds is 8. The molecule has 3 aliphatic heterocycles. The van der Waals surface area contributed by atoms with Gasteiger partial charge in [0, 0.05) is 24.5 Å². The highest BCUT2D eigenvalue weighted by molar-refractivity contribution is 6.30. The molecule has 0 aliphatic carbocycles. The minimum absolute atomic E-state index is 0.0627. The number of halogens is 1. The van der Waals surface area contributed by atoms with Crippen molar-refractivity contribution in [2.75, 3.05) is 19.6 Å². The molecule has 3 aromatic carbocycles. The van der Waals surface area contributed by atoms with Crippen LogP contribution in [-0.2, 0) is 22.7 Å². The molecule has 1 unspecified atom stereocenters. The normalized spacial score (nSPS) is 21.3. The summed E-state index contributed by atoms with van der Waals surface area (Å²) < 4.78 is 6.05. The Morgan fingerprint density at radius 1 is 0.929 bits per heavy atom. The molecule has 0 spiro atoms. The second-order valence-electron chi connectivity index (χ2n) is 11.3. The number of ether oxygens (including phenoxy) is 1. The van der Waals surface area contributed by atoms with Crippen LogP contribution in [0.25, 0.3) is 0 Å². The van der Waals surface area contributed by atoms with E-state index in [9.17, 15) is 19.2 Å². The molecule has 0 aromatic heterocycles. The van der Waals surface area contributed by atoms with Crippen molar-refractivity contribution in [2.45, 2.75) is 50.3 Å². The highest BCUT2D eigenvalue weighted by Gasteiger charge is 2.51. The minimum Gasteiger partial charge on any atom is -0.488 e. The van der Waals surface area contributed by atoms with Crippen molar-refractivity contribution >= 4 is 35.6 Å². The maximum Gasteiger partial charge on any atom is 0.266 e. The number of fused-ring (bicyclic) bond motifs is 1. The van der Waals surface area contributed by atoms with Gasteiger partial charge in [0.05, 0.1) is 11.1 Å². The van der Waals surface area contributed by atoms with Crippen LogP contribution in [0.3, 0.4) is 0 Å². The Kier molecular flexibility index (Phi) is 7.84. The summed E-state index contributed by atoms with van der Waals surface area (Å²) in [5.41, 5.74) is 2.46. The van der Waals surface area contributed by atoms with Gasteiger partial charge in [0.1, 0.15) is 24.2 Å². The number of carbonyl (C=O) groups excluding carboxylic acids is 4. The number of hydrogen-bond donors (Lipinski definition) is 1. The van der Waals surface area contributed by atoms with Crippen LogP contribution in [0, 0.1) is 0 Å². The van der Waals surface area contributed by atoms with E-state index in [1.54, 1.807) is 18.2 Å². The third-order valence-electron chi connectivity index (χ3n) is 8.67. The van der Waals surface area contributed by atoms with Gasteiger partial charge in [-0.3, -0.25) is 24.2 Å². The van der Waals surface area contributed by atoms with Gasteiger partial charge in [-0.2, -0.15) is 0 Å². The van der Waals surface area contributed by atoms with Gasteiger partial charge in [-0.05, 0) is 79.2 Å².